The van der Waals surface area contributed by atoms with Crippen molar-refractivity contribution in [3.05, 3.63) is 88.4 Å². The standard InChI is InChI=1S/C32H37ClO4S/c1-4-10-25-21-30(37-28-18-15-27(33)16-19-28)17-14-24(25)11-7-6-8-20-36-29-13-9-12-26(22-29)32(31(35)5-2)38-23(3)34/h9,12-19,21-22,32H,4-8,10-11,20H2,1-3H3. The predicted octanol–water partition coefficient (Wildman–Crippen LogP) is 9.18. The Hall–Kier alpha value is -2.76. The van der Waals surface area contributed by atoms with E-state index in [0.29, 0.717) is 18.1 Å². The van der Waals surface area contributed by atoms with Crippen molar-refractivity contribution in [3.8, 4) is 17.2 Å². The van der Waals surface area contributed by atoms with E-state index in [1.165, 1.54) is 18.1 Å². The number of halogens is 1. The maximum atomic E-state index is 12.4. The second kappa shape index (κ2) is 15.6. The Balaban J connectivity index is 1.48. The number of benzene rings is 3. The van der Waals surface area contributed by atoms with Crippen LogP contribution in [0.15, 0.2) is 66.7 Å². The van der Waals surface area contributed by atoms with Gasteiger partial charge >= 0.3 is 0 Å². The molecule has 3 aromatic carbocycles. The average Bonchev–Trinajstić information content (AvgIpc) is 2.91. The average molecular weight is 553 g/mol. The van der Waals surface area contributed by atoms with Crippen molar-refractivity contribution in [3.63, 3.8) is 0 Å². The molecule has 0 heterocycles. The zero-order chi connectivity index (χ0) is 27.3. The van der Waals surface area contributed by atoms with Crippen LogP contribution in [-0.2, 0) is 22.4 Å². The van der Waals surface area contributed by atoms with Crippen LogP contribution in [-0.4, -0.2) is 17.5 Å². The van der Waals surface area contributed by atoms with E-state index >= 15 is 0 Å². The smallest absolute Gasteiger partial charge is 0.186 e. The highest BCUT2D eigenvalue weighted by atomic mass is 35.5. The fourth-order valence-electron chi connectivity index (χ4n) is 4.27. The topological polar surface area (TPSA) is 52.6 Å². The summed E-state index contributed by atoms with van der Waals surface area (Å²) in [4.78, 5) is 24.0. The third-order valence-corrected chi connectivity index (χ3v) is 7.55. The highest BCUT2D eigenvalue weighted by molar-refractivity contribution is 8.14. The number of Topliss-reactive ketones (excluding diaryl/α,β-unsaturated/α-hetero) is 1. The Labute approximate surface area is 236 Å². The maximum Gasteiger partial charge on any atom is 0.186 e. The van der Waals surface area contributed by atoms with Crippen LogP contribution in [0, 0.1) is 0 Å². The zero-order valence-electron chi connectivity index (χ0n) is 22.5. The maximum absolute atomic E-state index is 12.4. The summed E-state index contributed by atoms with van der Waals surface area (Å²) in [6.45, 7) is 6.13. The minimum absolute atomic E-state index is 0.0503. The van der Waals surface area contributed by atoms with Gasteiger partial charge in [-0.05, 0) is 97.3 Å². The number of ether oxygens (including phenoxy) is 2. The summed E-state index contributed by atoms with van der Waals surface area (Å²) in [5, 5.41) is 0.162. The number of hydrogen-bond acceptors (Lipinski definition) is 5. The fourth-order valence-corrected chi connectivity index (χ4v) is 5.31. The number of ketones is 1. The Bertz CT molecular complexity index is 1190. The first kappa shape index (κ1) is 29.8. The van der Waals surface area contributed by atoms with E-state index in [-0.39, 0.29) is 10.9 Å². The van der Waals surface area contributed by atoms with Crippen LogP contribution in [0.4, 0.5) is 0 Å². The molecule has 0 saturated heterocycles. The fraction of sp³-hybridized carbons (Fsp3) is 0.375. The van der Waals surface area contributed by atoms with Gasteiger partial charge in [0.05, 0.1) is 11.9 Å². The first-order valence-corrected chi connectivity index (χ1v) is 14.6. The van der Waals surface area contributed by atoms with Gasteiger partial charge in [0.25, 0.3) is 0 Å². The molecule has 202 valence electrons. The number of aryl methyl sites for hydroxylation is 2. The Morgan fingerprint density at radius 1 is 0.842 bits per heavy atom. The molecule has 6 heteroatoms. The molecule has 0 N–H and O–H groups in total. The lowest BCUT2D eigenvalue weighted by molar-refractivity contribution is -0.118. The molecule has 0 fully saturated rings. The molecule has 0 saturated carbocycles. The molecular formula is C32H37ClO4S. The molecule has 0 aliphatic rings. The van der Waals surface area contributed by atoms with Gasteiger partial charge in [-0.15, -0.1) is 0 Å². The zero-order valence-corrected chi connectivity index (χ0v) is 24.1. The van der Waals surface area contributed by atoms with Crippen LogP contribution in [0.1, 0.15) is 74.8 Å². The van der Waals surface area contributed by atoms with Gasteiger partial charge in [-0.25, -0.2) is 0 Å². The second-order valence-corrected chi connectivity index (χ2v) is 11.0. The third-order valence-electron chi connectivity index (χ3n) is 6.19. The van der Waals surface area contributed by atoms with Crippen LogP contribution >= 0.6 is 23.4 Å². The summed E-state index contributed by atoms with van der Waals surface area (Å²) in [5.74, 6) is 2.41. The first-order chi connectivity index (χ1) is 18.4. The molecule has 1 unspecified atom stereocenters. The van der Waals surface area contributed by atoms with E-state index in [9.17, 15) is 9.59 Å². The first-order valence-electron chi connectivity index (χ1n) is 13.4. The van der Waals surface area contributed by atoms with Crippen molar-refractivity contribution >= 4 is 34.3 Å². The number of carbonyl (C=O) groups excluding carboxylic acids is 2. The van der Waals surface area contributed by atoms with E-state index in [1.54, 1.807) is 0 Å². The lowest BCUT2D eigenvalue weighted by Gasteiger charge is -2.15. The second-order valence-electron chi connectivity index (χ2n) is 9.28. The van der Waals surface area contributed by atoms with Crippen molar-refractivity contribution in [2.75, 3.05) is 6.61 Å². The van der Waals surface area contributed by atoms with Gasteiger partial charge in [-0.1, -0.05) is 61.8 Å². The minimum Gasteiger partial charge on any atom is -0.494 e. The number of carbonyl (C=O) groups is 2. The van der Waals surface area contributed by atoms with Gasteiger partial charge in [0.1, 0.15) is 23.0 Å². The molecule has 1 atom stereocenters. The van der Waals surface area contributed by atoms with Crippen molar-refractivity contribution < 1.29 is 19.1 Å². The van der Waals surface area contributed by atoms with E-state index in [0.717, 1.165) is 73.1 Å². The number of rotatable bonds is 15. The van der Waals surface area contributed by atoms with Crippen molar-refractivity contribution in [1.29, 1.82) is 0 Å². The number of unbranched alkanes of at least 4 members (excludes halogenated alkanes) is 2. The Morgan fingerprint density at radius 2 is 1.61 bits per heavy atom. The van der Waals surface area contributed by atoms with Crippen LogP contribution in [0.5, 0.6) is 17.2 Å². The Morgan fingerprint density at radius 3 is 2.32 bits per heavy atom. The molecule has 0 radical (unpaired) electrons. The van der Waals surface area contributed by atoms with Crippen molar-refractivity contribution in [1.82, 2.24) is 0 Å². The lowest BCUT2D eigenvalue weighted by Crippen LogP contribution is -2.10. The summed E-state index contributed by atoms with van der Waals surface area (Å²) in [7, 11) is 0. The molecule has 0 aromatic heterocycles. The molecule has 4 nitrogen and oxygen atoms in total. The summed E-state index contributed by atoms with van der Waals surface area (Å²) in [6.07, 6.45) is 6.62. The molecule has 0 bridgehead atoms. The van der Waals surface area contributed by atoms with Crippen molar-refractivity contribution in [2.45, 2.75) is 71.0 Å². The van der Waals surface area contributed by atoms with Gasteiger partial charge in [0, 0.05) is 18.4 Å². The van der Waals surface area contributed by atoms with Crippen LogP contribution < -0.4 is 9.47 Å². The van der Waals surface area contributed by atoms with Crippen LogP contribution in [0.25, 0.3) is 0 Å². The number of thioether (sulfide) groups is 1. The minimum atomic E-state index is -0.471. The van der Waals surface area contributed by atoms with Gasteiger partial charge in [0.2, 0.25) is 0 Å². The van der Waals surface area contributed by atoms with Crippen molar-refractivity contribution in [2.24, 2.45) is 0 Å². The Kier molecular flexibility index (Phi) is 12.2. The highest BCUT2D eigenvalue weighted by Crippen LogP contribution is 2.33. The molecular weight excluding hydrogens is 516 g/mol. The lowest BCUT2D eigenvalue weighted by atomic mass is 9.98. The summed E-state index contributed by atoms with van der Waals surface area (Å²) < 4.78 is 12.0. The predicted molar refractivity (Wildman–Crippen MR) is 158 cm³/mol. The van der Waals surface area contributed by atoms with E-state index in [4.69, 9.17) is 21.1 Å². The van der Waals surface area contributed by atoms with Gasteiger partial charge in [-0.3, -0.25) is 9.59 Å². The summed E-state index contributed by atoms with van der Waals surface area (Å²) in [6, 6.07) is 21.4. The molecule has 3 rings (SSSR count). The van der Waals surface area contributed by atoms with E-state index in [1.807, 2.05) is 61.5 Å². The molecule has 38 heavy (non-hydrogen) atoms. The third kappa shape index (κ3) is 9.52. The monoisotopic (exact) mass is 552 g/mol. The summed E-state index contributed by atoms with van der Waals surface area (Å²) >= 11 is 7.05. The van der Waals surface area contributed by atoms with Gasteiger partial charge < -0.3 is 9.47 Å². The van der Waals surface area contributed by atoms with E-state index in [2.05, 4.69) is 19.1 Å². The molecule has 0 aliphatic carbocycles. The molecule has 3 aromatic rings. The van der Waals surface area contributed by atoms with Crippen LogP contribution in [0.2, 0.25) is 5.02 Å². The molecule has 0 spiro atoms. The number of hydrogen-bond donors (Lipinski definition) is 0. The summed E-state index contributed by atoms with van der Waals surface area (Å²) in [5.41, 5.74) is 3.53. The SMILES string of the molecule is CCCc1cc(Oc2ccc(Cl)cc2)ccc1CCCCCOc1cccc(C(SC(C)=O)C(=O)CC)c1. The van der Waals surface area contributed by atoms with Gasteiger partial charge in [-0.2, -0.15) is 0 Å². The quantitative estimate of drug-likeness (QED) is 0.176. The normalized spacial score (nSPS) is 11.7. The van der Waals surface area contributed by atoms with E-state index < -0.39 is 5.25 Å². The largest absolute Gasteiger partial charge is 0.494 e. The molecule has 0 aliphatic heterocycles. The van der Waals surface area contributed by atoms with Gasteiger partial charge in [0.15, 0.2) is 5.12 Å². The van der Waals surface area contributed by atoms with Crippen LogP contribution in [0.3, 0.4) is 0 Å². The highest BCUT2D eigenvalue weighted by Gasteiger charge is 2.22. The molecule has 0 amide bonds.